The number of nitrogens with one attached hydrogen (secondary N) is 2. The van der Waals surface area contributed by atoms with E-state index in [0.717, 1.165) is 17.5 Å². The molecule has 1 aliphatic carbocycles. The molecule has 0 fully saturated rings. The third kappa shape index (κ3) is 8.44. The second-order valence-electron chi connectivity index (χ2n) is 10.4. The van der Waals surface area contributed by atoms with E-state index in [1.165, 1.54) is 22.3 Å². The quantitative estimate of drug-likeness (QED) is 0.208. The lowest BCUT2D eigenvalue weighted by atomic mass is 10.0. The summed E-state index contributed by atoms with van der Waals surface area (Å²) in [4.78, 5) is 50.0. The number of aliphatic carboxylic acids is 1. The van der Waals surface area contributed by atoms with Crippen LogP contribution in [0.2, 0.25) is 0 Å². The van der Waals surface area contributed by atoms with Crippen molar-refractivity contribution < 1.29 is 29.0 Å². The molecule has 0 saturated carbocycles. The van der Waals surface area contributed by atoms with E-state index in [1.54, 1.807) is 0 Å². The van der Waals surface area contributed by atoms with Crippen molar-refractivity contribution in [1.82, 2.24) is 10.6 Å². The van der Waals surface area contributed by atoms with Gasteiger partial charge in [-0.1, -0.05) is 72.8 Å². The van der Waals surface area contributed by atoms with E-state index >= 15 is 0 Å². The number of ether oxygens (including phenoxy) is 1. The Morgan fingerprint density at radius 3 is 2.29 bits per heavy atom. The van der Waals surface area contributed by atoms with Crippen molar-refractivity contribution in [2.24, 2.45) is 0 Å². The van der Waals surface area contributed by atoms with E-state index in [9.17, 15) is 24.3 Å². The van der Waals surface area contributed by atoms with Crippen LogP contribution >= 0.6 is 0 Å². The molecule has 8 nitrogen and oxygen atoms in total. The fourth-order valence-corrected chi connectivity index (χ4v) is 5.70. The molecule has 2 unspecified atom stereocenters. The smallest absolute Gasteiger partial charge is 0.408 e. The molecular formula is C32H35N2O6S+. The minimum Gasteiger partial charge on any atom is -0.480 e. The van der Waals surface area contributed by atoms with Crippen molar-refractivity contribution in [3.63, 3.8) is 0 Å². The molecule has 3 aromatic rings. The molecule has 0 aliphatic heterocycles. The molecule has 3 aromatic carbocycles. The summed E-state index contributed by atoms with van der Waals surface area (Å²) in [6, 6.07) is 21.0. The number of rotatable bonds is 13. The van der Waals surface area contributed by atoms with Crippen LogP contribution in [0.3, 0.4) is 0 Å². The molecule has 9 heteroatoms. The molecule has 2 atom stereocenters. The molecule has 41 heavy (non-hydrogen) atoms. The van der Waals surface area contributed by atoms with Gasteiger partial charge in [0.2, 0.25) is 5.91 Å². The first kappa shape index (κ1) is 29.9. The predicted octanol–water partition coefficient (Wildman–Crippen LogP) is 3.89. The maximum atomic E-state index is 13.2. The highest BCUT2D eigenvalue weighted by atomic mass is 32.2. The molecule has 0 bridgehead atoms. The molecule has 0 heterocycles. The van der Waals surface area contributed by atoms with Gasteiger partial charge in [-0.15, -0.1) is 0 Å². The summed E-state index contributed by atoms with van der Waals surface area (Å²) >= 11 is 0. The molecule has 0 aromatic heterocycles. The van der Waals surface area contributed by atoms with Gasteiger partial charge in [0.15, 0.2) is 11.5 Å². The molecule has 0 saturated heterocycles. The maximum Gasteiger partial charge on any atom is 0.408 e. The number of alkyl carbamates (subject to hydrolysis) is 1. The number of carbonyl (C=O) groups excluding carboxylic acids is 3. The van der Waals surface area contributed by atoms with E-state index in [0.29, 0.717) is 5.75 Å². The van der Waals surface area contributed by atoms with Gasteiger partial charge in [-0.05, 0) is 57.1 Å². The van der Waals surface area contributed by atoms with Gasteiger partial charge in [-0.25, -0.2) is 9.59 Å². The monoisotopic (exact) mass is 575 g/mol. The second kappa shape index (κ2) is 14.0. The number of carboxylic acids is 1. The Balaban J connectivity index is 1.38. The molecule has 214 valence electrons. The summed E-state index contributed by atoms with van der Waals surface area (Å²) in [5, 5.41) is 14.8. The summed E-state index contributed by atoms with van der Waals surface area (Å²) in [7, 11) is -0.0897. The first-order valence-corrected chi connectivity index (χ1v) is 15.7. The van der Waals surface area contributed by atoms with Crippen LogP contribution in [0.25, 0.3) is 11.1 Å². The Hall–Kier alpha value is -4.11. The van der Waals surface area contributed by atoms with Gasteiger partial charge >= 0.3 is 12.1 Å². The number of hydrogen-bond donors (Lipinski definition) is 3. The molecule has 2 amide bonds. The van der Waals surface area contributed by atoms with Crippen LogP contribution in [0, 0.1) is 0 Å². The zero-order valence-electron chi connectivity index (χ0n) is 23.2. The molecular weight excluding hydrogens is 540 g/mol. The Bertz CT molecular complexity index is 1410. The fraction of sp³-hybridized carbons (Fsp3) is 0.312. The Morgan fingerprint density at radius 1 is 0.854 bits per heavy atom. The summed E-state index contributed by atoms with van der Waals surface area (Å²) in [6.07, 6.45) is 4.07. The van der Waals surface area contributed by atoms with E-state index in [2.05, 4.69) is 22.8 Å². The highest BCUT2D eigenvalue weighted by Crippen LogP contribution is 2.36. The highest BCUT2D eigenvalue weighted by molar-refractivity contribution is 7.96. The summed E-state index contributed by atoms with van der Waals surface area (Å²) in [5.74, 6) is -1.57. The van der Waals surface area contributed by atoms with Crippen LogP contribution < -0.4 is 10.6 Å². The van der Waals surface area contributed by atoms with E-state index in [-0.39, 0.29) is 42.5 Å². The highest BCUT2D eigenvalue weighted by Gasteiger charge is 2.28. The molecule has 1 aliphatic rings. The third-order valence-corrected chi connectivity index (χ3v) is 7.79. The number of hydrogen-bond acceptors (Lipinski definition) is 5. The minimum absolute atomic E-state index is 0.0194. The lowest BCUT2D eigenvalue weighted by molar-refractivity contribution is -0.142. The molecule has 0 radical (unpaired) electrons. The van der Waals surface area contributed by atoms with Crippen LogP contribution in [0.5, 0.6) is 0 Å². The Labute approximate surface area is 242 Å². The average Bonchev–Trinajstić information content (AvgIpc) is 3.31. The number of fused-ring (bicyclic) bond motifs is 3. The van der Waals surface area contributed by atoms with Gasteiger partial charge in [-0.3, -0.25) is 9.59 Å². The van der Waals surface area contributed by atoms with Crippen molar-refractivity contribution in [2.75, 3.05) is 18.3 Å². The lowest BCUT2D eigenvalue weighted by Crippen LogP contribution is -2.52. The SMILES string of the molecule is C[S+](C)CC(=O)CCC(NC(=O)C(Cc1ccccc1)NC(=O)OCc1ccc2c(c1)Cc1ccccc1-2)C(=O)O. The van der Waals surface area contributed by atoms with Gasteiger partial charge in [0.25, 0.3) is 0 Å². The van der Waals surface area contributed by atoms with Gasteiger partial charge in [0.1, 0.15) is 18.7 Å². The molecule has 4 rings (SSSR count). The van der Waals surface area contributed by atoms with Crippen LogP contribution in [0.1, 0.15) is 35.1 Å². The number of carbonyl (C=O) groups is 4. The lowest BCUT2D eigenvalue weighted by Gasteiger charge is -2.21. The Morgan fingerprint density at radius 2 is 1.56 bits per heavy atom. The summed E-state index contributed by atoms with van der Waals surface area (Å²) in [5.41, 5.74) is 6.43. The first-order valence-electron chi connectivity index (χ1n) is 13.5. The van der Waals surface area contributed by atoms with Crippen LogP contribution in [-0.2, 0) is 49.5 Å². The number of Topliss-reactive ketones (excluding diaryl/α,β-unsaturated/α-hetero) is 1. The average molecular weight is 576 g/mol. The predicted molar refractivity (Wildman–Crippen MR) is 160 cm³/mol. The van der Waals surface area contributed by atoms with Crippen molar-refractivity contribution in [3.05, 3.63) is 95.1 Å². The molecule has 0 spiro atoms. The van der Waals surface area contributed by atoms with Crippen molar-refractivity contribution in [1.29, 1.82) is 0 Å². The standard InChI is InChI=1S/C32H34N2O6S/c1-41(2)20-25(35)13-15-28(31(37)38)33-30(36)29(17-21-8-4-3-5-9-21)34-32(39)40-19-22-12-14-27-24(16-22)18-23-10-6-7-11-26(23)27/h3-12,14,16,28-29H,13,15,17-20H2,1-2H3,(H2-,33,34,36,37,38,39)/p+1. The van der Waals surface area contributed by atoms with Crippen LogP contribution in [0.15, 0.2) is 72.8 Å². The normalized spacial score (nSPS) is 13.0. The number of ketones is 1. The van der Waals surface area contributed by atoms with Crippen LogP contribution in [-0.4, -0.2) is 59.2 Å². The maximum absolute atomic E-state index is 13.2. The zero-order valence-corrected chi connectivity index (χ0v) is 24.0. The van der Waals surface area contributed by atoms with Gasteiger partial charge in [0, 0.05) is 12.8 Å². The van der Waals surface area contributed by atoms with Crippen LogP contribution in [0.4, 0.5) is 4.79 Å². The molecule has 3 N–H and O–H groups in total. The van der Waals surface area contributed by atoms with Crippen molar-refractivity contribution >= 4 is 34.6 Å². The topological polar surface area (TPSA) is 122 Å². The Kier molecular flexibility index (Phi) is 10.2. The summed E-state index contributed by atoms with van der Waals surface area (Å²) < 4.78 is 5.46. The first-order chi connectivity index (χ1) is 19.7. The van der Waals surface area contributed by atoms with E-state index in [1.807, 2.05) is 73.2 Å². The fourth-order valence-electron chi connectivity index (χ4n) is 4.91. The number of benzene rings is 3. The number of amides is 2. The minimum atomic E-state index is -1.26. The largest absolute Gasteiger partial charge is 0.480 e. The van der Waals surface area contributed by atoms with Crippen molar-refractivity contribution in [3.8, 4) is 11.1 Å². The van der Waals surface area contributed by atoms with Crippen molar-refractivity contribution in [2.45, 2.75) is 44.4 Å². The second-order valence-corrected chi connectivity index (χ2v) is 12.7. The zero-order chi connectivity index (χ0) is 29.4. The number of carboxylic acid groups (broad SMARTS) is 1. The van der Waals surface area contributed by atoms with Gasteiger partial charge in [-0.2, -0.15) is 0 Å². The third-order valence-electron chi connectivity index (χ3n) is 6.90. The summed E-state index contributed by atoms with van der Waals surface area (Å²) in [6.45, 7) is 0.0194. The van der Waals surface area contributed by atoms with Gasteiger partial charge in [0.05, 0.1) is 12.5 Å². The van der Waals surface area contributed by atoms with E-state index in [4.69, 9.17) is 4.74 Å². The van der Waals surface area contributed by atoms with E-state index < -0.39 is 30.1 Å². The van der Waals surface area contributed by atoms with Gasteiger partial charge < -0.3 is 20.5 Å².